The molecule has 7 nitrogen and oxygen atoms in total. The van der Waals surface area contributed by atoms with E-state index in [1.807, 2.05) is 50.2 Å². The van der Waals surface area contributed by atoms with E-state index in [1.165, 1.54) is 18.2 Å². The van der Waals surface area contributed by atoms with Crippen molar-refractivity contribution in [1.29, 1.82) is 0 Å². The zero-order chi connectivity index (χ0) is 22.8. The molecule has 1 amide bonds. The molecular formula is C25H21N3O4. The van der Waals surface area contributed by atoms with E-state index in [0.717, 1.165) is 33.3 Å². The number of benzene rings is 3. The van der Waals surface area contributed by atoms with Crippen LogP contribution in [-0.2, 0) is 0 Å². The number of aromatic nitrogens is 1. The number of carbonyl (C=O) groups is 1. The van der Waals surface area contributed by atoms with Crippen molar-refractivity contribution >= 4 is 28.2 Å². The number of nitrogens with one attached hydrogen (secondary N) is 1. The summed E-state index contributed by atoms with van der Waals surface area (Å²) in [6.45, 7) is 3.93. The minimum atomic E-state index is -0.494. The molecule has 1 aromatic heterocycles. The smallest absolute Gasteiger partial charge is 0.271 e. The first-order chi connectivity index (χ1) is 15.4. The Morgan fingerprint density at radius 1 is 1.03 bits per heavy atom. The van der Waals surface area contributed by atoms with Crippen LogP contribution in [0.1, 0.15) is 21.5 Å². The molecule has 7 heteroatoms. The average molecular weight is 427 g/mol. The van der Waals surface area contributed by atoms with Crippen LogP contribution in [0.15, 0.2) is 66.7 Å². The fraction of sp³-hybridized carbons (Fsp3) is 0.120. The molecule has 0 aliphatic carbocycles. The largest absolute Gasteiger partial charge is 0.497 e. The van der Waals surface area contributed by atoms with Crippen molar-refractivity contribution in [3.05, 3.63) is 93.5 Å². The summed E-state index contributed by atoms with van der Waals surface area (Å²) in [5, 5.41) is 14.6. The molecule has 0 unspecified atom stereocenters. The number of rotatable bonds is 5. The standard InChI is InChI=1S/C25H21N3O4/c1-15-11-16(2)24-21(12-15)22(14-23(27-24)17-7-9-20(32-3)10-8-17)25(29)26-18-5-4-6-19(13-18)28(30)31/h4-14H,1-3H3,(H,26,29). The molecule has 0 saturated heterocycles. The number of nitro groups is 1. The molecule has 1 N–H and O–H groups in total. The number of pyridine rings is 1. The molecule has 4 aromatic rings. The number of aryl methyl sites for hydroxylation is 2. The van der Waals surface area contributed by atoms with Gasteiger partial charge in [0, 0.05) is 28.8 Å². The van der Waals surface area contributed by atoms with E-state index >= 15 is 0 Å². The summed E-state index contributed by atoms with van der Waals surface area (Å²) in [6.07, 6.45) is 0. The SMILES string of the molecule is COc1ccc(-c2cc(C(=O)Nc3cccc([N+](=O)[O-])c3)c3cc(C)cc(C)c3n2)cc1. The number of fused-ring (bicyclic) bond motifs is 1. The van der Waals surface area contributed by atoms with Crippen molar-refractivity contribution in [2.24, 2.45) is 0 Å². The molecular weight excluding hydrogens is 406 g/mol. The Labute approximate surface area is 184 Å². The van der Waals surface area contributed by atoms with Gasteiger partial charge in [-0.3, -0.25) is 14.9 Å². The van der Waals surface area contributed by atoms with Gasteiger partial charge in [0.15, 0.2) is 0 Å². The van der Waals surface area contributed by atoms with Gasteiger partial charge >= 0.3 is 0 Å². The van der Waals surface area contributed by atoms with Crippen LogP contribution in [0.25, 0.3) is 22.2 Å². The van der Waals surface area contributed by atoms with E-state index in [2.05, 4.69) is 5.32 Å². The van der Waals surface area contributed by atoms with Crippen LogP contribution in [-0.4, -0.2) is 22.9 Å². The summed E-state index contributed by atoms with van der Waals surface area (Å²) in [4.78, 5) is 28.7. The molecule has 0 saturated carbocycles. The molecule has 0 bridgehead atoms. The molecule has 0 spiro atoms. The maximum atomic E-state index is 13.3. The van der Waals surface area contributed by atoms with Crippen molar-refractivity contribution < 1.29 is 14.5 Å². The lowest BCUT2D eigenvalue weighted by Crippen LogP contribution is -2.13. The van der Waals surface area contributed by atoms with Crippen LogP contribution in [0.2, 0.25) is 0 Å². The van der Waals surface area contributed by atoms with Crippen molar-refractivity contribution in [3.63, 3.8) is 0 Å². The molecule has 3 aromatic carbocycles. The minimum absolute atomic E-state index is 0.0898. The number of nitro benzene ring substituents is 1. The van der Waals surface area contributed by atoms with Crippen LogP contribution in [0.3, 0.4) is 0 Å². The molecule has 0 aliphatic rings. The minimum Gasteiger partial charge on any atom is -0.497 e. The number of hydrogen-bond acceptors (Lipinski definition) is 5. The highest BCUT2D eigenvalue weighted by molar-refractivity contribution is 6.13. The number of amides is 1. The van der Waals surface area contributed by atoms with Crippen molar-refractivity contribution in [1.82, 2.24) is 4.98 Å². The Morgan fingerprint density at radius 2 is 1.78 bits per heavy atom. The highest BCUT2D eigenvalue weighted by Gasteiger charge is 2.17. The van der Waals surface area contributed by atoms with Crippen molar-refractivity contribution in [3.8, 4) is 17.0 Å². The highest BCUT2D eigenvalue weighted by atomic mass is 16.6. The fourth-order valence-corrected chi connectivity index (χ4v) is 3.67. The molecule has 0 atom stereocenters. The number of non-ortho nitro benzene ring substituents is 1. The van der Waals surface area contributed by atoms with Gasteiger partial charge in [-0.05, 0) is 61.9 Å². The first-order valence-corrected chi connectivity index (χ1v) is 9.98. The monoisotopic (exact) mass is 427 g/mol. The normalized spacial score (nSPS) is 10.7. The van der Waals surface area contributed by atoms with Gasteiger partial charge in [0.1, 0.15) is 5.75 Å². The zero-order valence-corrected chi connectivity index (χ0v) is 17.9. The van der Waals surface area contributed by atoms with E-state index in [4.69, 9.17) is 9.72 Å². The lowest BCUT2D eigenvalue weighted by atomic mass is 9.99. The molecule has 1 heterocycles. The second-order valence-electron chi connectivity index (χ2n) is 7.52. The summed E-state index contributed by atoms with van der Waals surface area (Å²) in [7, 11) is 1.60. The summed E-state index contributed by atoms with van der Waals surface area (Å²) in [5.41, 5.74) is 4.90. The van der Waals surface area contributed by atoms with Crippen LogP contribution in [0.5, 0.6) is 5.75 Å². The topological polar surface area (TPSA) is 94.4 Å². The van der Waals surface area contributed by atoms with Crippen LogP contribution >= 0.6 is 0 Å². The summed E-state index contributed by atoms with van der Waals surface area (Å²) < 4.78 is 5.23. The number of nitrogens with zero attached hydrogens (tertiary/aromatic N) is 2. The van der Waals surface area contributed by atoms with E-state index in [-0.39, 0.29) is 11.6 Å². The van der Waals surface area contributed by atoms with E-state index in [9.17, 15) is 14.9 Å². The number of anilines is 1. The summed E-state index contributed by atoms with van der Waals surface area (Å²) in [5.74, 6) is 0.364. The quantitative estimate of drug-likeness (QED) is 0.326. The molecule has 0 fully saturated rings. The average Bonchev–Trinajstić information content (AvgIpc) is 2.78. The third-order valence-electron chi connectivity index (χ3n) is 5.19. The molecule has 0 radical (unpaired) electrons. The lowest BCUT2D eigenvalue weighted by molar-refractivity contribution is -0.384. The zero-order valence-electron chi connectivity index (χ0n) is 17.9. The van der Waals surface area contributed by atoms with Crippen molar-refractivity contribution in [2.75, 3.05) is 12.4 Å². The Hall–Kier alpha value is -4.26. The van der Waals surface area contributed by atoms with Gasteiger partial charge in [-0.25, -0.2) is 4.98 Å². The van der Waals surface area contributed by atoms with Crippen LogP contribution < -0.4 is 10.1 Å². The highest BCUT2D eigenvalue weighted by Crippen LogP contribution is 2.29. The van der Waals surface area contributed by atoms with Gasteiger partial charge in [-0.2, -0.15) is 0 Å². The first-order valence-electron chi connectivity index (χ1n) is 9.98. The van der Waals surface area contributed by atoms with Gasteiger partial charge in [0.2, 0.25) is 0 Å². The number of hydrogen-bond donors (Lipinski definition) is 1. The van der Waals surface area contributed by atoms with Gasteiger partial charge in [0.25, 0.3) is 11.6 Å². The van der Waals surface area contributed by atoms with E-state index in [1.54, 1.807) is 19.2 Å². The molecule has 160 valence electrons. The molecule has 4 rings (SSSR count). The lowest BCUT2D eigenvalue weighted by Gasteiger charge is -2.13. The Morgan fingerprint density at radius 3 is 2.47 bits per heavy atom. The van der Waals surface area contributed by atoms with E-state index < -0.39 is 4.92 Å². The van der Waals surface area contributed by atoms with Gasteiger partial charge in [0.05, 0.1) is 28.8 Å². The predicted molar refractivity (Wildman–Crippen MR) is 124 cm³/mol. The summed E-state index contributed by atoms with van der Waals surface area (Å²) >= 11 is 0. The van der Waals surface area contributed by atoms with Crippen molar-refractivity contribution in [2.45, 2.75) is 13.8 Å². The number of ether oxygens (including phenoxy) is 1. The molecule has 0 aliphatic heterocycles. The van der Waals surface area contributed by atoms with Crippen LogP contribution in [0.4, 0.5) is 11.4 Å². The Balaban J connectivity index is 1.83. The third-order valence-corrected chi connectivity index (χ3v) is 5.19. The molecule has 32 heavy (non-hydrogen) atoms. The van der Waals surface area contributed by atoms with Crippen LogP contribution in [0, 0.1) is 24.0 Å². The maximum absolute atomic E-state index is 13.3. The number of methoxy groups -OCH3 is 1. The van der Waals surface area contributed by atoms with Gasteiger partial charge in [-0.1, -0.05) is 17.7 Å². The predicted octanol–water partition coefficient (Wildman–Crippen LogP) is 5.69. The Bertz CT molecular complexity index is 1350. The van der Waals surface area contributed by atoms with Gasteiger partial charge < -0.3 is 10.1 Å². The fourth-order valence-electron chi connectivity index (χ4n) is 3.67. The first kappa shape index (κ1) is 21.0. The van der Waals surface area contributed by atoms with E-state index in [0.29, 0.717) is 16.9 Å². The second-order valence-corrected chi connectivity index (χ2v) is 7.52. The second kappa shape index (κ2) is 8.47. The maximum Gasteiger partial charge on any atom is 0.271 e. The van der Waals surface area contributed by atoms with Gasteiger partial charge in [-0.15, -0.1) is 0 Å². The Kier molecular flexibility index (Phi) is 5.55. The number of carbonyl (C=O) groups excluding carboxylic acids is 1. The summed E-state index contributed by atoms with van der Waals surface area (Å²) in [6, 6.07) is 19.0. The third kappa shape index (κ3) is 4.13.